The Balaban J connectivity index is 1.77. The highest BCUT2D eigenvalue weighted by Gasteiger charge is 2.43. The third-order valence-electron chi connectivity index (χ3n) is 4.61. The van der Waals surface area contributed by atoms with Crippen molar-refractivity contribution in [1.82, 2.24) is 5.32 Å². The summed E-state index contributed by atoms with van der Waals surface area (Å²) in [6.45, 7) is 4.18. The Labute approximate surface area is 141 Å². The minimum absolute atomic E-state index is 0.142. The lowest BCUT2D eigenvalue weighted by molar-refractivity contribution is -0.0852. The van der Waals surface area contributed by atoms with Crippen LogP contribution in [0.25, 0.3) is 0 Å². The number of nitrogens with one attached hydrogen (secondary N) is 1. The van der Waals surface area contributed by atoms with E-state index in [2.05, 4.69) is 17.6 Å². The van der Waals surface area contributed by atoms with Gasteiger partial charge in [-0.2, -0.15) is 11.8 Å². The number of hydrogen-bond donors (Lipinski definition) is 1. The standard InChI is InChI=1S/C16H24ClNOS2/c1-2-6-18-14(15-13(17)4-8-21-15)12-3-7-19-16(10-12)5-9-20-11-16/h4,8,12,14,18H,2-3,5-7,9-11H2,1H3. The second kappa shape index (κ2) is 7.22. The van der Waals surface area contributed by atoms with Crippen LogP contribution in [0.5, 0.6) is 0 Å². The van der Waals surface area contributed by atoms with Crippen LogP contribution in [0.3, 0.4) is 0 Å². The molecule has 1 spiro atoms. The second-order valence-electron chi connectivity index (χ2n) is 6.15. The molecule has 2 aliphatic rings. The molecule has 5 heteroatoms. The van der Waals surface area contributed by atoms with Gasteiger partial charge in [-0.1, -0.05) is 18.5 Å². The van der Waals surface area contributed by atoms with Crippen LogP contribution in [0.1, 0.15) is 43.5 Å². The maximum atomic E-state index is 6.42. The van der Waals surface area contributed by atoms with Crippen molar-refractivity contribution in [3.63, 3.8) is 0 Å². The molecule has 3 atom stereocenters. The summed E-state index contributed by atoms with van der Waals surface area (Å²) in [5.74, 6) is 3.06. The van der Waals surface area contributed by atoms with Crippen LogP contribution in [-0.2, 0) is 4.74 Å². The number of ether oxygens (including phenoxy) is 1. The van der Waals surface area contributed by atoms with Crippen molar-refractivity contribution in [2.45, 2.75) is 44.2 Å². The van der Waals surface area contributed by atoms with Crippen molar-refractivity contribution in [3.05, 3.63) is 21.3 Å². The average Bonchev–Trinajstić information content (AvgIpc) is 3.10. The van der Waals surface area contributed by atoms with Gasteiger partial charge in [-0.25, -0.2) is 0 Å². The SMILES string of the molecule is CCCNC(c1sccc1Cl)C1CCOC2(CCSC2)C1. The highest BCUT2D eigenvalue weighted by atomic mass is 35.5. The molecule has 1 N–H and O–H groups in total. The van der Waals surface area contributed by atoms with Crippen LogP contribution in [0.2, 0.25) is 5.02 Å². The monoisotopic (exact) mass is 345 g/mol. The lowest BCUT2D eigenvalue weighted by Gasteiger charge is -2.41. The van der Waals surface area contributed by atoms with E-state index in [4.69, 9.17) is 16.3 Å². The number of rotatable bonds is 5. The smallest absolute Gasteiger partial charge is 0.0783 e. The van der Waals surface area contributed by atoms with Gasteiger partial charge in [0.15, 0.2) is 0 Å². The molecule has 0 bridgehead atoms. The number of halogens is 1. The molecule has 2 fully saturated rings. The number of thiophene rings is 1. The summed E-state index contributed by atoms with van der Waals surface area (Å²) in [5.41, 5.74) is 0.142. The van der Waals surface area contributed by atoms with E-state index < -0.39 is 0 Å². The Morgan fingerprint density at radius 1 is 1.57 bits per heavy atom. The molecule has 2 aliphatic heterocycles. The van der Waals surface area contributed by atoms with Crippen molar-refractivity contribution in [2.24, 2.45) is 5.92 Å². The molecular formula is C16H24ClNOS2. The van der Waals surface area contributed by atoms with Crippen molar-refractivity contribution >= 4 is 34.7 Å². The summed E-state index contributed by atoms with van der Waals surface area (Å²) in [4.78, 5) is 1.32. The van der Waals surface area contributed by atoms with Crippen molar-refractivity contribution < 1.29 is 4.74 Å². The van der Waals surface area contributed by atoms with Gasteiger partial charge in [0.25, 0.3) is 0 Å². The molecule has 1 aromatic rings. The lowest BCUT2D eigenvalue weighted by atomic mass is 9.80. The van der Waals surface area contributed by atoms with Gasteiger partial charge < -0.3 is 10.1 Å². The van der Waals surface area contributed by atoms with Gasteiger partial charge in [-0.3, -0.25) is 0 Å². The molecule has 3 rings (SSSR count). The summed E-state index contributed by atoms with van der Waals surface area (Å²) in [5, 5.41) is 6.79. The third-order valence-corrected chi connectivity index (χ3v) is 7.28. The molecule has 21 heavy (non-hydrogen) atoms. The van der Waals surface area contributed by atoms with Gasteiger partial charge in [0.1, 0.15) is 0 Å². The molecule has 3 heterocycles. The zero-order valence-electron chi connectivity index (χ0n) is 12.6. The summed E-state index contributed by atoms with van der Waals surface area (Å²) in [6.07, 6.45) is 4.69. The van der Waals surface area contributed by atoms with Crippen LogP contribution < -0.4 is 5.32 Å². The van der Waals surface area contributed by atoms with E-state index in [0.717, 1.165) is 31.0 Å². The average molecular weight is 346 g/mol. The minimum Gasteiger partial charge on any atom is -0.374 e. The molecule has 0 aliphatic carbocycles. The Morgan fingerprint density at radius 2 is 2.48 bits per heavy atom. The van der Waals surface area contributed by atoms with Gasteiger partial charge in [-0.15, -0.1) is 11.3 Å². The zero-order chi connectivity index (χ0) is 14.7. The van der Waals surface area contributed by atoms with E-state index >= 15 is 0 Å². The Morgan fingerprint density at radius 3 is 3.14 bits per heavy atom. The first-order valence-corrected chi connectivity index (χ1v) is 10.3. The van der Waals surface area contributed by atoms with Crippen molar-refractivity contribution in [3.8, 4) is 0 Å². The van der Waals surface area contributed by atoms with Gasteiger partial charge >= 0.3 is 0 Å². The fourth-order valence-electron chi connectivity index (χ4n) is 3.51. The van der Waals surface area contributed by atoms with Crippen LogP contribution in [0.4, 0.5) is 0 Å². The third kappa shape index (κ3) is 3.61. The highest BCUT2D eigenvalue weighted by Crippen LogP contribution is 2.45. The Hall–Kier alpha value is 0.260. The van der Waals surface area contributed by atoms with Gasteiger partial charge in [0, 0.05) is 23.3 Å². The summed E-state index contributed by atoms with van der Waals surface area (Å²) >= 11 is 10.3. The fourth-order valence-corrected chi connectivity index (χ4v) is 6.23. The number of hydrogen-bond acceptors (Lipinski definition) is 4. The minimum atomic E-state index is 0.142. The largest absolute Gasteiger partial charge is 0.374 e. The lowest BCUT2D eigenvalue weighted by Crippen LogP contribution is -2.43. The second-order valence-corrected chi connectivity index (χ2v) is 8.61. The molecule has 0 aromatic carbocycles. The number of thioether (sulfide) groups is 1. The predicted octanol–water partition coefficient (Wildman–Crippen LogP) is 4.74. The molecule has 118 valence electrons. The van der Waals surface area contributed by atoms with E-state index in [9.17, 15) is 0 Å². The fraction of sp³-hybridized carbons (Fsp3) is 0.750. The Bertz CT molecular complexity index is 459. The molecular weight excluding hydrogens is 322 g/mol. The highest BCUT2D eigenvalue weighted by molar-refractivity contribution is 7.99. The first-order valence-electron chi connectivity index (χ1n) is 7.92. The van der Waals surface area contributed by atoms with E-state index in [1.54, 1.807) is 11.3 Å². The molecule has 2 nitrogen and oxygen atoms in total. The first kappa shape index (κ1) is 16.1. The maximum Gasteiger partial charge on any atom is 0.0783 e. The zero-order valence-corrected chi connectivity index (χ0v) is 15.0. The maximum absolute atomic E-state index is 6.42. The van der Waals surface area contributed by atoms with Crippen LogP contribution >= 0.6 is 34.7 Å². The molecule has 3 unspecified atom stereocenters. The van der Waals surface area contributed by atoms with E-state index in [1.807, 2.05) is 17.8 Å². The van der Waals surface area contributed by atoms with Gasteiger partial charge in [-0.05, 0) is 55.3 Å². The molecule has 0 radical (unpaired) electrons. The predicted molar refractivity (Wildman–Crippen MR) is 93.7 cm³/mol. The summed E-state index contributed by atoms with van der Waals surface area (Å²) < 4.78 is 6.18. The topological polar surface area (TPSA) is 21.3 Å². The molecule has 2 saturated heterocycles. The molecule has 0 saturated carbocycles. The van der Waals surface area contributed by atoms with Crippen LogP contribution in [0.15, 0.2) is 11.4 Å². The van der Waals surface area contributed by atoms with Gasteiger partial charge in [0.2, 0.25) is 0 Å². The summed E-state index contributed by atoms with van der Waals surface area (Å²) in [7, 11) is 0. The normalized spacial score (nSPS) is 30.9. The van der Waals surface area contributed by atoms with Crippen molar-refractivity contribution in [2.75, 3.05) is 24.7 Å². The molecule has 1 aromatic heterocycles. The first-order chi connectivity index (χ1) is 10.2. The van der Waals surface area contributed by atoms with Crippen LogP contribution in [0, 0.1) is 5.92 Å². The van der Waals surface area contributed by atoms with E-state index in [1.165, 1.54) is 29.2 Å². The molecule has 0 amide bonds. The summed E-state index contributed by atoms with van der Waals surface area (Å²) in [6, 6.07) is 2.42. The van der Waals surface area contributed by atoms with Crippen molar-refractivity contribution in [1.29, 1.82) is 0 Å². The van der Waals surface area contributed by atoms with Crippen LogP contribution in [-0.4, -0.2) is 30.3 Å². The van der Waals surface area contributed by atoms with E-state index in [-0.39, 0.29) is 5.60 Å². The van der Waals surface area contributed by atoms with Gasteiger partial charge in [0.05, 0.1) is 10.6 Å². The Kier molecular flexibility index (Phi) is 5.55. The van der Waals surface area contributed by atoms with E-state index in [0.29, 0.717) is 12.0 Å². The quantitative estimate of drug-likeness (QED) is 0.832.